The van der Waals surface area contributed by atoms with Crippen molar-refractivity contribution in [3.05, 3.63) is 105 Å². The summed E-state index contributed by atoms with van der Waals surface area (Å²) in [4.78, 5) is 11.2. The standard InChI is InChI=1S/C26H24ClFN4O4S/c1-3-35-23-14-19(13-22(27)25(23)36-16-18-8-7-9-20(28)12-18)24(15-31(33)34)37-26-30-29-17(2)32(26)21-10-5-4-6-11-21/h4-14,24H,3,15-16H2,1-2H3/t24-/m1/s1. The number of thioether (sulfide) groups is 1. The summed E-state index contributed by atoms with van der Waals surface area (Å²) in [6, 6.07) is 18.9. The third-order valence-electron chi connectivity index (χ3n) is 5.35. The lowest BCUT2D eigenvalue weighted by molar-refractivity contribution is -0.479. The van der Waals surface area contributed by atoms with Gasteiger partial charge < -0.3 is 9.47 Å². The number of nitrogens with zero attached hydrogens (tertiary/aromatic N) is 4. The quantitative estimate of drug-likeness (QED) is 0.122. The Hall–Kier alpha value is -3.63. The van der Waals surface area contributed by atoms with Gasteiger partial charge >= 0.3 is 0 Å². The lowest BCUT2D eigenvalue weighted by atomic mass is 10.1. The van der Waals surface area contributed by atoms with Gasteiger partial charge in [-0.05, 0) is 61.4 Å². The molecule has 0 saturated carbocycles. The van der Waals surface area contributed by atoms with E-state index in [9.17, 15) is 14.5 Å². The molecular weight excluding hydrogens is 519 g/mol. The predicted molar refractivity (Wildman–Crippen MR) is 140 cm³/mol. The zero-order valence-electron chi connectivity index (χ0n) is 20.1. The highest BCUT2D eigenvalue weighted by Gasteiger charge is 2.26. The molecule has 0 unspecified atom stereocenters. The maximum atomic E-state index is 13.6. The number of hydrogen-bond acceptors (Lipinski definition) is 7. The van der Waals surface area contributed by atoms with Gasteiger partial charge in [0.05, 0.1) is 11.6 Å². The molecule has 8 nitrogen and oxygen atoms in total. The van der Waals surface area contributed by atoms with Crippen LogP contribution in [0.2, 0.25) is 5.02 Å². The van der Waals surface area contributed by atoms with Crippen LogP contribution in [0.4, 0.5) is 4.39 Å². The van der Waals surface area contributed by atoms with Gasteiger partial charge in [0, 0.05) is 10.6 Å². The second kappa shape index (κ2) is 12.1. The lowest BCUT2D eigenvalue weighted by Gasteiger charge is -2.19. The Labute approximate surface area is 222 Å². The molecule has 0 radical (unpaired) electrons. The molecule has 0 bridgehead atoms. The molecule has 4 aromatic rings. The zero-order chi connectivity index (χ0) is 26.4. The Morgan fingerprint density at radius 2 is 1.89 bits per heavy atom. The second-order valence-electron chi connectivity index (χ2n) is 8.00. The molecule has 1 heterocycles. The van der Waals surface area contributed by atoms with Gasteiger partial charge in [-0.2, -0.15) is 0 Å². The summed E-state index contributed by atoms with van der Waals surface area (Å²) in [7, 11) is 0. The van der Waals surface area contributed by atoms with Crippen LogP contribution in [0.5, 0.6) is 11.5 Å². The van der Waals surface area contributed by atoms with Crippen LogP contribution in [0, 0.1) is 22.9 Å². The first-order valence-electron chi connectivity index (χ1n) is 11.4. The highest BCUT2D eigenvalue weighted by molar-refractivity contribution is 7.99. The van der Waals surface area contributed by atoms with Gasteiger partial charge in [0.2, 0.25) is 6.54 Å². The molecular formula is C26H24ClFN4O4S. The molecule has 37 heavy (non-hydrogen) atoms. The highest BCUT2D eigenvalue weighted by Crippen LogP contribution is 2.43. The maximum Gasteiger partial charge on any atom is 0.220 e. The van der Waals surface area contributed by atoms with Crippen LogP contribution in [-0.4, -0.2) is 32.8 Å². The van der Waals surface area contributed by atoms with Gasteiger partial charge in [-0.1, -0.05) is 53.7 Å². The minimum atomic E-state index is -0.643. The number of halogens is 2. The second-order valence-corrected chi connectivity index (χ2v) is 9.58. The van der Waals surface area contributed by atoms with E-state index in [4.69, 9.17) is 21.1 Å². The van der Waals surface area contributed by atoms with Crippen molar-refractivity contribution in [2.45, 2.75) is 30.9 Å². The fraction of sp³-hybridized carbons (Fsp3) is 0.231. The number of ether oxygens (including phenoxy) is 2. The summed E-state index contributed by atoms with van der Waals surface area (Å²) in [5.74, 6) is 0.911. The Morgan fingerprint density at radius 1 is 1.11 bits per heavy atom. The summed E-state index contributed by atoms with van der Waals surface area (Å²) in [5, 5.41) is 20.2. The largest absolute Gasteiger partial charge is 0.490 e. The van der Waals surface area contributed by atoms with Crippen LogP contribution in [0.3, 0.4) is 0 Å². The first kappa shape index (κ1) is 26.4. The number of benzene rings is 3. The molecule has 4 rings (SSSR count). The summed E-state index contributed by atoms with van der Waals surface area (Å²) < 4.78 is 27.1. The number of nitro groups is 1. The molecule has 0 saturated heterocycles. The van der Waals surface area contributed by atoms with Crippen molar-refractivity contribution in [1.82, 2.24) is 14.8 Å². The third kappa shape index (κ3) is 6.58. The molecule has 0 aliphatic rings. The molecule has 1 aromatic heterocycles. The van der Waals surface area contributed by atoms with Gasteiger partial charge in [-0.15, -0.1) is 10.2 Å². The Bertz CT molecular complexity index is 1390. The van der Waals surface area contributed by atoms with Crippen LogP contribution in [0.1, 0.15) is 29.1 Å². The van der Waals surface area contributed by atoms with E-state index < -0.39 is 5.25 Å². The van der Waals surface area contributed by atoms with Crippen LogP contribution in [-0.2, 0) is 6.61 Å². The van der Waals surface area contributed by atoms with Crippen molar-refractivity contribution in [2.24, 2.45) is 0 Å². The summed E-state index contributed by atoms with van der Waals surface area (Å²) in [6.07, 6.45) is 0. The van der Waals surface area contributed by atoms with E-state index in [1.54, 1.807) is 24.3 Å². The highest BCUT2D eigenvalue weighted by atomic mass is 35.5. The molecule has 0 aliphatic carbocycles. The van der Waals surface area contributed by atoms with E-state index in [-0.39, 0.29) is 34.7 Å². The fourth-order valence-corrected chi connectivity index (χ4v) is 5.15. The molecule has 0 fully saturated rings. The van der Waals surface area contributed by atoms with Gasteiger partial charge in [0.15, 0.2) is 16.7 Å². The number of aryl methyl sites for hydroxylation is 1. The number of hydrogen-bond donors (Lipinski definition) is 0. The van der Waals surface area contributed by atoms with Crippen molar-refractivity contribution in [2.75, 3.05) is 13.2 Å². The number of rotatable bonds is 11. The van der Waals surface area contributed by atoms with Crippen LogP contribution in [0.15, 0.2) is 71.9 Å². The third-order valence-corrected chi connectivity index (χ3v) is 6.81. The zero-order valence-corrected chi connectivity index (χ0v) is 21.7. The topological polar surface area (TPSA) is 92.3 Å². The Balaban J connectivity index is 1.67. The fourth-order valence-electron chi connectivity index (χ4n) is 3.73. The van der Waals surface area contributed by atoms with Crippen LogP contribution >= 0.6 is 23.4 Å². The van der Waals surface area contributed by atoms with E-state index in [0.717, 1.165) is 5.69 Å². The number of para-hydroxylation sites is 1. The van der Waals surface area contributed by atoms with Gasteiger partial charge in [0.1, 0.15) is 23.5 Å². The van der Waals surface area contributed by atoms with Crippen molar-refractivity contribution >= 4 is 23.4 Å². The molecule has 0 amide bonds. The Morgan fingerprint density at radius 3 is 2.59 bits per heavy atom. The minimum absolute atomic E-state index is 0.0729. The van der Waals surface area contributed by atoms with E-state index in [2.05, 4.69) is 10.2 Å². The first-order chi connectivity index (χ1) is 17.9. The molecule has 0 aliphatic heterocycles. The van der Waals surface area contributed by atoms with Crippen molar-refractivity contribution in [3.8, 4) is 17.2 Å². The SMILES string of the molecule is CCOc1cc([C@@H](C[N+](=O)[O-])Sc2nnc(C)n2-c2ccccc2)cc(Cl)c1OCc1cccc(F)c1. The van der Waals surface area contributed by atoms with E-state index in [1.807, 2.05) is 48.7 Å². The average Bonchev–Trinajstić information content (AvgIpc) is 3.23. The van der Waals surface area contributed by atoms with Crippen LogP contribution < -0.4 is 9.47 Å². The van der Waals surface area contributed by atoms with Gasteiger partial charge in [0.25, 0.3) is 0 Å². The van der Waals surface area contributed by atoms with Gasteiger partial charge in [-0.25, -0.2) is 4.39 Å². The molecule has 11 heteroatoms. The molecule has 192 valence electrons. The predicted octanol–water partition coefficient (Wildman–Crippen LogP) is 6.46. The molecule has 0 spiro atoms. The molecule has 1 atom stereocenters. The van der Waals surface area contributed by atoms with Crippen molar-refractivity contribution < 1.29 is 18.8 Å². The lowest BCUT2D eigenvalue weighted by Crippen LogP contribution is -2.12. The molecule has 3 aromatic carbocycles. The number of aromatic nitrogens is 3. The van der Waals surface area contributed by atoms with Gasteiger partial charge in [-0.3, -0.25) is 14.7 Å². The van der Waals surface area contributed by atoms with E-state index in [1.165, 1.54) is 23.9 Å². The maximum absolute atomic E-state index is 13.6. The summed E-state index contributed by atoms with van der Waals surface area (Å²) in [6.45, 7) is 3.65. The van der Waals surface area contributed by atoms with Crippen LogP contribution in [0.25, 0.3) is 5.69 Å². The minimum Gasteiger partial charge on any atom is -0.490 e. The summed E-state index contributed by atoms with van der Waals surface area (Å²) in [5.41, 5.74) is 2.05. The summed E-state index contributed by atoms with van der Waals surface area (Å²) >= 11 is 7.81. The smallest absolute Gasteiger partial charge is 0.220 e. The molecule has 0 N–H and O–H groups in total. The van der Waals surface area contributed by atoms with Crippen molar-refractivity contribution in [3.63, 3.8) is 0 Å². The first-order valence-corrected chi connectivity index (χ1v) is 12.7. The monoisotopic (exact) mass is 542 g/mol. The average molecular weight is 543 g/mol. The Kier molecular flexibility index (Phi) is 8.62. The van der Waals surface area contributed by atoms with E-state index in [0.29, 0.717) is 34.5 Å². The van der Waals surface area contributed by atoms with Crippen molar-refractivity contribution in [1.29, 1.82) is 0 Å². The van der Waals surface area contributed by atoms with E-state index >= 15 is 0 Å². The normalized spacial score (nSPS) is 11.8.